The second-order valence-electron chi connectivity index (χ2n) is 9.50. The number of amides is 2. The van der Waals surface area contributed by atoms with Gasteiger partial charge in [0.05, 0.1) is 6.54 Å². The van der Waals surface area contributed by atoms with Gasteiger partial charge in [-0.05, 0) is 37.7 Å². The average Bonchev–Trinajstić information content (AvgIpc) is 3.58. The third-order valence-electron chi connectivity index (χ3n) is 7.02. The predicted octanol–water partition coefficient (Wildman–Crippen LogP) is 5.15. The Labute approximate surface area is 190 Å². The number of benzene rings is 1. The highest BCUT2D eigenvalue weighted by molar-refractivity contribution is 5.92. The van der Waals surface area contributed by atoms with Crippen LogP contribution < -0.4 is 5.32 Å². The topological polar surface area (TPSA) is 75.4 Å². The zero-order chi connectivity index (χ0) is 22.3. The highest BCUT2D eigenvalue weighted by atomic mass is 16.5. The Morgan fingerprint density at radius 2 is 1.75 bits per heavy atom. The highest BCUT2D eigenvalue weighted by Crippen LogP contribution is 2.30. The van der Waals surface area contributed by atoms with Crippen LogP contribution in [0.4, 0.5) is 0 Å². The summed E-state index contributed by atoms with van der Waals surface area (Å²) in [6.45, 7) is 2.87. The van der Waals surface area contributed by atoms with E-state index in [0.29, 0.717) is 31.2 Å². The number of nitrogens with zero attached hydrogens (tertiary/aromatic N) is 2. The molecule has 2 fully saturated rings. The van der Waals surface area contributed by atoms with Crippen molar-refractivity contribution in [3.63, 3.8) is 0 Å². The minimum Gasteiger partial charge on any atom is -0.359 e. The third kappa shape index (κ3) is 5.99. The highest BCUT2D eigenvalue weighted by Gasteiger charge is 2.29. The van der Waals surface area contributed by atoms with Gasteiger partial charge in [0.15, 0.2) is 11.5 Å². The van der Waals surface area contributed by atoms with Gasteiger partial charge in [0.25, 0.3) is 5.91 Å². The maximum Gasteiger partial charge on any atom is 0.273 e. The first-order valence-electron chi connectivity index (χ1n) is 12.2. The number of rotatable bonds is 9. The minimum atomic E-state index is -0.263. The smallest absolute Gasteiger partial charge is 0.273 e. The van der Waals surface area contributed by atoms with Crippen LogP contribution >= 0.6 is 0 Å². The molecule has 2 aliphatic carbocycles. The molecule has 2 aromatic rings. The molecule has 172 valence electrons. The Balaban J connectivity index is 1.34. The van der Waals surface area contributed by atoms with Crippen molar-refractivity contribution in [2.75, 3.05) is 0 Å². The van der Waals surface area contributed by atoms with Gasteiger partial charge in [-0.3, -0.25) is 9.59 Å². The summed E-state index contributed by atoms with van der Waals surface area (Å²) in [5.41, 5.74) is 2.48. The van der Waals surface area contributed by atoms with E-state index in [4.69, 9.17) is 4.52 Å². The van der Waals surface area contributed by atoms with Crippen LogP contribution in [0.3, 0.4) is 0 Å². The molecule has 2 amide bonds. The van der Waals surface area contributed by atoms with Crippen molar-refractivity contribution in [1.82, 2.24) is 15.4 Å². The molecule has 0 bridgehead atoms. The normalized spacial score (nSPS) is 17.0. The van der Waals surface area contributed by atoms with E-state index in [1.165, 1.54) is 44.1 Å². The second-order valence-corrected chi connectivity index (χ2v) is 9.50. The number of nitrogens with one attached hydrogen (secondary N) is 1. The quantitative estimate of drug-likeness (QED) is 0.588. The van der Waals surface area contributed by atoms with Gasteiger partial charge in [-0.2, -0.15) is 0 Å². The summed E-state index contributed by atoms with van der Waals surface area (Å²) in [7, 11) is 0. The predicted molar refractivity (Wildman–Crippen MR) is 123 cm³/mol. The lowest BCUT2D eigenvalue weighted by Gasteiger charge is -2.28. The molecule has 1 N–H and O–H groups in total. The van der Waals surface area contributed by atoms with Gasteiger partial charge in [-0.15, -0.1) is 0 Å². The van der Waals surface area contributed by atoms with Gasteiger partial charge < -0.3 is 14.7 Å². The molecule has 32 heavy (non-hydrogen) atoms. The van der Waals surface area contributed by atoms with Crippen LogP contribution in [-0.2, 0) is 17.9 Å². The first-order valence-corrected chi connectivity index (χ1v) is 12.2. The van der Waals surface area contributed by atoms with Crippen LogP contribution in [0.5, 0.6) is 0 Å². The van der Waals surface area contributed by atoms with Gasteiger partial charge in [0, 0.05) is 25.1 Å². The molecule has 0 unspecified atom stereocenters. The van der Waals surface area contributed by atoms with Crippen molar-refractivity contribution in [2.24, 2.45) is 5.92 Å². The van der Waals surface area contributed by atoms with Gasteiger partial charge in [-0.1, -0.05) is 73.5 Å². The van der Waals surface area contributed by atoms with E-state index < -0.39 is 0 Å². The Bertz CT molecular complexity index is 893. The molecule has 6 nitrogen and oxygen atoms in total. The summed E-state index contributed by atoms with van der Waals surface area (Å²) in [5, 5.41) is 6.85. The molecule has 6 heteroatoms. The number of hydrogen-bond donors (Lipinski definition) is 1. The number of carbonyl (C=O) groups is 2. The standard InChI is InChI=1S/C26H35N3O3/c1-19-10-12-21(13-11-19)17-27-26(31)24-16-23(32-28-24)18-29(22-8-4-5-9-22)25(30)15-14-20-6-2-3-7-20/h10-13,16,20,22H,2-9,14-15,17-18H2,1H3,(H,27,31). The molecule has 0 aliphatic heterocycles. The van der Waals surface area contributed by atoms with E-state index in [-0.39, 0.29) is 23.6 Å². The lowest BCUT2D eigenvalue weighted by atomic mass is 10.0. The SMILES string of the molecule is Cc1ccc(CNC(=O)c2cc(CN(C(=O)CCC3CCCC3)C3CCCC3)on2)cc1. The molecule has 0 saturated heterocycles. The van der Waals surface area contributed by atoms with E-state index in [0.717, 1.165) is 24.8 Å². The third-order valence-corrected chi connectivity index (χ3v) is 7.02. The van der Waals surface area contributed by atoms with Crippen LogP contribution in [-0.4, -0.2) is 27.9 Å². The fourth-order valence-electron chi connectivity index (χ4n) is 5.05. The minimum absolute atomic E-state index is 0.213. The molecule has 1 heterocycles. The van der Waals surface area contributed by atoms with Crippen molar-refractivity contribution in [2.45, 2.75) is 90.3 Å². The van der Waals surface area contributed by atoms with Gasteiger partial charge in [0.1, 0.15) is 0 Å². The molecule has 1 aromatic heterocycles. The lowest BCUT2D eigenvalue weighted by Crippen LogP contribution is -2.38. The molecule has 0 spiro atoms. The summed E-state index contributed by atoms with van der Waals surface area (Å²) >= 11 is 0. The number of carbonyl (C=O) groups excluding carboxylic acids is 2. The zero-order valence-corrected chi connectivity index (χ0v) is 19.1. The number of aromatic nitrogens is 1. The summed E-state index contributed by atoms with van der Waals surface area (Å²) in [6, 6.07) is 10.0. The Morgan fingerprint density at radius 3 is 2.47 bits per heavy atom. The largest absolute Gasteiger partial charge is 0.359 e. The molecule has 2 aliphatic rings. The van der Waals surface area contributed by atoms with Gasteiger partial charge in [-0.25, -0.2) is 0 Å². The van der Waals surface area contributed by atoms with Gasteiger partial charge in [0.2, 0.25) is 5.91 Å². The van der Waals surface area contributed by atoms with Crippen molar-refractivity contribution < 1.29 is 14.1 Å². The van der Waals surface area contributed by atoms with E-state index in [2.05, 4.69) is 10.5 Å². The van der Waals surface area contributed by atoms with Crippen molar-refractivity contribution in [3.05, 3.63) is 52.9 Å². The second kappa shape index (κ2) is 10.8. The Morgan fingerprint density at radius 1 is 1.06 bits per heavy atom. The van der Waals surface area contributed by atoms with Crippen molar-refractivity contribution >= 4 is 11.8 Å². The molecule has 2 saturated carbocycles. The zero-order valence-electron chi connectivity index (χ0n) is 19.1. The maximum absolute atomic E-state index is 13.1. The summed E-state index contributed by atoms with van der Waals surface area (Å²) in [4.78, 5) is 27.6. The van der Waals surface area contributed by atoms with Crippen molar-refractivity contribution in [3.8, 4) is 0 Å². The average molecular weight is 438 g/mol. The summed E-state index contributed by atoms with van der Waals surface area (Å²) in [5.74, 6) is 1.23. The molecule has 4 rings (SSSR count). The first kappa shape index (κ1) is 22.6. The first-order chi connectivity index (χ1) is 15.6. The molecule has 0 atom stereocenters. The van der Waals surface area contributed by atoms with Crippen LogP contribution in [0.25, 0.3) is 0 Å². The molecule has 1 aromatic carbocycles. The number of hydrogen-bond acceptors (Lipinski definition) is 4. The lowest BCUT2D eigenvalue weighted by molar-refractivity contribution is -0.134. The van der Waals surface area contributed by atoms with Crippen LogP contribution in [0, 0.1) is 12.8 Å². The monoisotopic (exact) mass is 437 g/mol. The molecular formula is C26H35N3O3. The van der Waals surface area contributed by atoms with Crippen LogP contribution in [0.15, 0.2) is 34.9 Å². The maximum atomic E-state index is 13.1. The van der Waals surface area contributed by atoms with E-state index in [1.807, 2.05) is 36.1 Å². The fourth-order valence-corrected chi connectivity index (χ4v) is 5.05. The molecule has 0 radical (unpaired) electrons. The summed E-state index contributed by atoms with van der Waals surface area (Å²) < 4.78 is 5.47. The fraction of sp³-hybridized carbons (Fsp3) is 0.577. The van der Waals surface area contributed by atoms with E-state index in [9.17, 15) is 9.59 Å². The Hall–Kier alpha value is -2.63. The number of aryl methyl sites for hydroxylation is 1. The van der Waals surface area contributed by atoms with Crippen LogP contribution in [0.2, 0.25) is 0 Å². The van der Waals surface area contributed by atoms with Crippen molar-refractivity contribution in [1.29, 1.82) is 0 Å². The van der Waals surface area contributed by atoms with E-state index >= 15 is 0 Å². The summed E-state index contributed by atoms with van der Waals surface area (Å²) in [6.07, 6.45) is 11.2. The van der Waals surface area contributed by atoms with Gasteiger partial charge >= 0.3 is 0 Å². The van der Waals surface area contributed by atoms with Crippen LogP contribution in [0.1, 0.15) is 91.6 Å². The molecular weight excluding hydrogens is 402 g/mol. The van der Waals surface area contributed by atoms with E-state index in [1.54, 1.807) is 6.07 Å². The Kier molecular flexibility index (Phi) is 7.61.